The molecule has 206 valence electrons. The highest BCUT2D eigenvalue weighted by molar-refractivity contribution is 7.90. The smallest absolute Gasteiger partial charge is 0.250 e. The Balaban J connectivity index is 1.45. The highest BCUT2D eigenvalue weighted by atomic mass is 32.2. The normalized spacial score (nSPS) is 17.9. The summed E-state index contributed by atoms with van der Waals surface area (Å²) in [6.45, 7) is 7.04. The second-order valence-electron chi connectivity index (χ2n) is 10.4. The van der Waals surface area contributed by atoms with E-state index in [0.29, 0.717) is 29.6 Å². The molecule has 11 nitrogen and oxygen atoms in total. The fraction of sp³-hybridized carbons (Fsp3) is 0.385. The zero-order chi connectivity index (χ0) is 28.1. The number of hydrogen-bond donors (Lipinski definition) is 1. The SMILES string of the molecule is CC(C)c1ccc(N2C[C@H](CS(C)(=O)=O)[C@H]2C)c2cnc(Nc3ccnc(-c4cnn(S(C)(=O)=O)c4)n3)cc12. The standard InChI is InChI=1S/C26H31N7O4S2/c1-16(2)20-6-7-23(32-13-19(17(32)3)15-38(4,34)35)22-12-28-25(10-21(20)22)30-24-8-9-27-26(31-24)18-11-29-33(14-18)39(5,36)37/h6-12,14,16-17,19H,13,15H2,1-5H3,(H,27,28,30,31)/t17-,19-/m1/s1. The van der Waals surface area contributed by atoms with Crippen molar-refractivity contribution in [3.63, 3.8) is 0 Å². The molecule has 4 heterocycles. The number of nitrogens with zero attached hydrogens (tertiary/aromatic N) is 6. The third-order valence-electron chi connectivity index (χ3n) is 7.03. The van der Waals surface area contributed by atoms with E-state index in [4.69, 9.17) is 0 Å². The number of aromatic nitrogens is 5. The molecule has 1 N–H and O–H groups in total. The molecular formula is C26H31N7O4S2. The molecule has 0 saturated carbocycles. The second-order valence-corrected chi connectivity index (χ2v) is 14.5. The molecule has 4 aromatic rings. The van der Waals surface area contributed by atoms with Gasteiger partial charge in [0.2, 0.25) is 0 Å². The Bertz CT molecular complexity index is 1770. The average molecular weight is 570 g/mol. The molecular weight excluding hydrogens is 538 g/mol. The first-order valence-corrected chi connectivity index (χ1v) is 16.4. The van der Waals surface area contributed by atoms with Gasteiger partial charge in [0.1, 0.15) is 21.5 Å². The van der Waals surface area contributed by atoms with Gasteiger partial charge in [-0.1, -0.05) is 19.9 Å². The lowest BCUT2D eigenvalue weighted by Gasteiger charge is -2.48. The molecule has 1 aliphatic heterocycles. The highest BCUT2D eigenvalue weighted by Gasteiger charge is 2.38. The summed E-state index contributed by atoms with van der Waals surface area (Å²) in [4.78, 5) is 15.7. The lowest BCUT2D eigenvalue weighted by molar-refractivity contribution is 0.342. The van der Waals surface area contributed by atoms with Crippen LogP contribution in [0.5, 0.6) is 0 Å². The predicted molar refractivity (Wildman–Crippen MR) is 153 cm³/mol. The first kappa shape index (κ1) is 27.0. The summed E-state index contributed by atoms with van der Waals surface area (Å²) >= 11 is 0. The summed E-state index contributed by atoms with van der Waals surface area (Å²) in [6, 6.07) is 8.05. The molecule has 1 saturated heterocycles. The van der Waals surface area contributed by atoms with E-state index in [1.54, 1.807) is 12.3 Å². The van der Waals surface area contributed by atoms with Crippen molar-refractivity contribution in [1.29, 1.82) is 0 Å². The van der Waals surface area contributed by atoms with Gasteiger partial charge in [-0.15, -0.1) is 0 Å². The van der Waals surface area contributed by atoms with Gasteiger partial charge in [-0.2, -0.15) is 9.19 Å². The minimum atomic E-state index is -3.51. The van der Waals surface area contributed by atoms with E-state index in [9.17, 15) is 16.8 Å². The first-order valence-electron chi connectivity index (χ1n) is 12.5. The molecule has 0 unspecified atom stereocenters. The fourth-order valence-corrected chi connectivity index (χ4v) is 6.64. The summed E-state index contributed by atoms with van der Waals surface area (Å²) in [5.74, 6) is 2.00. The van der Waals surface area contributed by atoms with Crippen LogP contribution in [-0.4, -0.2) is 71.8 Å². The maximum Gasteiger partial charge on any atom is 0.250 e. The molecule has 1 fully saturated rings. The zero-order valence-electron chi connectivity index (χ0n) is 22.4. The second kappa shape index (κ2) is 9.87. The number of hydrogen-bond acceptors (Lipinski definition) is 10. The van der Waals surface area contributed by atoms with Crippen molar-refractivity contribution in [2.45, 2.75) is 32.7 Å². The van der Waals surface area contributed by atoms with Crippen LogP contribution in [0.25, 0.3) is 22.2 Å². The fourth-order valence-electron chi connectivity index (χ4n) is 4.96. The quantitative estimate of drug-likeness (QED) is 0.336. The van der Waals surface area contributed by atoms with Crippen molar-refractivity contribution in [3.8, 4) is 11.4 Å². The van der Waals surface area contributed by atoms with Crippen molar-refractivity contribution in [3.05, 3.63) is 54.6 Å². The largest absolute Gasteiger partial charge is 0.368 e. The van der Waals surface area contributed by atoms with Crippen LogP contribution >= 0.6 is 0 Å². The first-order chi connectivity index (χ1) is 18.3. The van der Waals surface area contributed by atoms with Crippen LogP contribution in [0.3, 0.4) is 0 Å². The molecule has 0 aliphatic carbocycles. The van der Waals surface area contributed by atoms with Crippen LogP contribution in [-0.2, 0) is 19.9 Å². The monoisotopic (exact) mass is 569 g/mol. The maximum absolute atomic E-state index is 11.8. The third-order valence-corrected chi connectivity index (χ3v) is 8.95. The number of anilines is 3. The van der Waals surface area contributed by atoms with Crippen molar-refractivity contribution in [2.24, 2.45) is 5.92 Å². The minimum Gasteiger partial charge on any atom is -0.368 e. The number of benzene rings is 1. The molecule has 0 spiro atoms. The Morgan fingerprint density at radius 1 is 1.03 bits per heavy atom. The number of rotatable bonds is 8. The van der Waals surface area contributed by atoms with E-state index in [2.05, 4.69) is 63.2 Å². The van der Waals surface area contributed by atoms with Crippen LogP contribution in [0.15, 0.2) is 49.1 Å². The van der Waals surface area contributed by atoms with Gasteiger partial charge < -0.3 is 10.2 Å². The van der Waals surface area contributed by atoms with Gasteiger partial charge in [0.05, 0.1) is 30.0 Å². The van der Waals surface area contributed by atoms with Crippen molar-refractivity contribution in [1.82, 2.24) is 24.1 Å². The van der Waals surface area contributed by atoms with E-state index < -0.39 is 19.9 Å². The molecule has 5 rings (SSSR count). The summed E-state index contributed by atoms with van der Waals surface area (Å²) in [5, 5.41) is 9.19. The van der Waals surface area contributed by atoms with Gasteiger partial charge in [-0.05, 0) is 42.0 Å². The van der Waals surface area contributed by atoms with Gasteiger partial charge in [0.25, 0.3) is 10.0 Å². The Kier molecular flexibility index (Phi) is 6.83. The molecule has 2 atom stereocenters. The van der Waals surface area contributed by atoms with E-state index >= 15 is 0 Å². The molecule has 0 bridgehead atoms. The van der Waals surface area contributed by atoms with Gasteiger partial charge in [0.15, 0.2) is 5.82 Å². The molecule has 1 aromatic carbocycles. The Labute approximate surface area is 228 Å². The maximum atomic E-state index is 11.8. The zero-order valence-corrected chi connectivity index (χ0v) is 24.0. The number of sulfone groups is 1. The lowest BCUT2D eigenvalue weighted by Crippen LogP contribution is -2.57. The molecule has 13 heteroatoms. The van der Waals surface area contributed by atoms with Crippen LogP contribution in [0.4, 0.5) is 17.3 Å². The average Bonchev–Trinajstić information content (AvgIpc) is 3.36. The third kappa shape index (κ3) is 5.59. The van der Waals surface area contributed by atoms with Crippen molar-refractivity contribution in [2.75, 3.05) is 35.0 Å². The Hall–Kier alpha value is -3.58. The number of pyridine rings is 1. The van der Waals surface area contributed by atoms with E-state index in [1.165, 1.54) is 24.2 Å². The Morgan fingerprint density at radius 2 is 1.79 bits per heavy atom. The molecule has 1 aliphatic rings. The molecule has 0 amide bonds. The van der Waals surface area contributed by atoms with E-state index in [-0.39, 0.29) is 23.6 Å². The minimum absolute atomic E-state index is 0.102. The van der Waals surface area contributed by atoms with Gasteiger partial charge in [-0.3, -0.25) is 0 Å². The van der Waals surface area contributed by atoms with Crippen LogP contribution < -0.4 is 10.2 Å². The lowest BCUT2D eigenvalue weighted by atomic mass is 9.88. The summed E-state index contributed by atoms with van der Waals surface area (Å²) in [6.07, 6.45) is 8.56. The van der Waals surface area contributed by atoms with Gasteiger partial charge in [0, 0.05) is 48.2 Å². The number of nitrogens with one attached hydrogen (secondary N) is 1. The van der Waals surface area contributed by atoms with Crippen LogP contribution in [0, 0.1) is 5.92 Å². The van der Waals surface area contributed by atoms with Crippen LogP contribution in [0.1, 0.15) is 32.3 Å². The van der Waals surface area contributed by atoms with Crippen LogP contribution in [0.2, 0.25) is 0 Å². The van der Waals surface area contributed by atoms with Gasteiger partial charge in [-0.25, -0.2) is 31.8 Å². The topological polar surface area (TPSA) is 140 Å². The number of fused-ring (bicyclic) bond motifs is 1. The predicted octanol–water partition coefficient (Wildman–Crippen LogP) is 3.43. The highest BCUT2D eigenvalue weighted by Crippen LogP contribution is 2.39. The van der Waals surface area contributed by atoms with Crippen molar-refractivity contribution >= 4 is 48.0 Å². The summed E-state index contributed by atoms with van der Waals surface area (Å²) in [7, 11) is -6.54. The summed E-state index contributed by atoms with van der Waals surface area (Å²) in [5.41, 5.74) is 2.69. The van der Waals surface area contributed by atoms with Crippen molar-refractivity contribution < 1.29 is 16.8 Å². The molecule has 3 aromatic heterocycles. The van der Waals surface area contributed by atoms with E-state index in [1.807, 2.05) is 12.3 Å². The van der Waals surface area contributed by atoms with E-state index in [0.717, 1.165) is 26.8 Å². The Morgan fingerprint density at radius 3 is 2.44 bits per heavy atom. The summed E-state index contributed by atoms with van der Waals surface area (Å²) < 4.78 is 48.0. The molecule has 0 radical (unpaired) electrons. The molecule has 39 heavy (non-hydrogen) atoms. The van der Waals surface area contributed by atoms with Gasteiger partial charge >= 0.3 is 0 Å².